The molecule has 10 heteroatoms. The van der Waals surface area contributed by atoms with E-state index >= 15 is 0 Å². The van der Waals surface area contributed by atoms with Crippen LogP contribution in [0.25, 0.3) is 44.4 Å². The Hall–Kier alpha value is -5.09. The first-order valence-electron chi connectivity index (χ1n) is 18.3. The van der Waals surface area contributed by atoms with E-state index in [4.69, 9.17) is 19.9 Å². The third kappa shape index (κ3) is 7.04. The third-order valence-corrected chi connectivity index (χ3v) is 9.95. The van der Waals surface area contributed by atoms with E-state index in [0.717, 1.165) is 81.7 Å². The minimum atomic E-state index is -0.667. The largest absolute Gasteiger partial charge is 0.455 e. The lowest BCUT2D eigenvalue weighted by molar-refractivity contribution is -0.160. The Bertz CT molecular complexity index is 2180. The molecular formula is C42H48N6O4. The molecular weight excluding hydrogens is 652 g/mol. The van der Waals surface area contributed by atoms with E-state index in [2.05, 4.69) is 74.9 Å². The second-order valence-electron chi connectivity index (χ2n) is 16.1. The van der Waals surface area contributed by atoms with Crippen LogP contribution in [0, 0.1) is 10.8 Å². The number of fused-ring (bicyclic) bond motifs is 4. The summed E-state index contributed by atoms with van der Waals surface area (Å²) in [5.74, 6) is 0.130. The van der Waals surface area contributed by atoms with Gasteiger partial charge in [-0.3, -0.25) is 15.5 Å². The van der Waals surface area contributed by atoms with Crippen molar-refractivity contribution >= 4 is 28.4 Å². The van der Waals surface area contributed by atoms with Gasteiger partial charge < -0.3 is 19.4 Å². The van der Waals surface area contributed by atoms with Gasteiger partial charge in [0.15, 0.2) is 6.23 Å². The number of nitrogens with one attached hydrogen (secondary N) is 4. The van der Waals surface area contributed by atoms with E-state index in [1.54, 1.807) is 27.0 Å². The Morgan fingerprint density at radius 3 is 2.33 bits per heavy atom. The van der Waals surface area contributed by atoms with Crippen LogP contribution < -0.4 is 5.32 Å². The van der Waals surface area contributed by atoms with Gasteiger partial charge in [0.2, 0.25) is 0 Å². The van der Waals surface area contributed by atoms with Crippen molar-refractivity contribution in [2.24, 2.45) is 5.41 Å². The zero-order valence-electron chi connectivity index (χ0n) is 31.1. The summed E-state index contributed by atoms with van der Waals surface area (Å²) in [6.45, 7) is 13.7. The number of H-pyrrole nitrogens is 2. The Morgan fingerprint density at radius 2 is 1.62 bits per heavy atom. The number of aromatic amines is 2. The molecule has 3 aromatic carbocycles. The van der Waals surface area contributed by atoms with Crippen LogP contribution in [0.2, 0.25) is 0 Å². The molecule has 7 rings (SSSR count). The molecule has 1 fully saturated rings. The van der Waals surface area contributed by atoms with Gasteiger partial charge in [0.1, 0.15) is 23.0 Å². The highest BCUT2D eigenvalue weighted by Crippen LogP contribution is 2.38. The average Bonchev–Trinajstić information content (AvgIpc) is 3.87. The van der Waals surface area contributed by atoms with Crippen LogP contribution in [0.15, 0.2) is 60.8 Å². The molecule has 4 N–H and O–H groups in total. The molecule has 0 bridgehead atoms. The minimum Gasteiger partial charge on any atom is -0.455 e. The quantitative estimate of drug-likeness (QED) is 0.0942. The molecule has 3 heterocycles. The Labute approximate surface area is 304 Å². The van der Waals surface area contributed by atoms with Crippen LogP contribution in [-0.2, 0) is 31.9 Å². The summed E-state index contributed by atoms with van der Waals surface area (Å²) >= 11 is 0. The lowest BCUT2D eigenvalue weighted by Gasteiger charge is -2.23. The van der Waals surface area contributed by atoms with Crippen molar-refractivity contribution in [1.29, 1.82) is 5.41 Å². The first kappa shape index (κ1) is 35.3. The summed E-state index contributed by atoms with van der Waals surface area (Å²) in [6, 6.07) is 19.5. The van der Waals surface area contributed by atoms with Crippen LogP contribution in [0.1, 0.15) is 96.0 Å². The first-order chi connectivity index (χ1) is 24.7. The zero-order valence-corrected chi connectivity index (χ0v) is 31.1. The lowest BCUT2D eigenvalue weighted by Crippen LogP contribution is -2.36. The van der Waals surface area contributed by atoms with Crippen LogP contribution in [0.4, 0.5) is 0 Å². The second-order valence-corrected chi connectivity index (χ2v) is 16.1. The Morgan fingerprint density at radius 1 is 0.923 bits per heavy atom. The summed E-state index contributed by atoms with van der Waals surface area (Å²) in [5.41, 5.74) is 7.35. The molecule has 0 radical (unpaired) electrons. The van der Waals surface area contributed by atoms with E-state index in [1.807, 2.05) is 27.7 Å². The number of ether oxygens (including phenoxy) is 2. The zero-order chi connectivity index (χ0) is 36.9. The topological polar surface area (TPSA) is 146 Å². The fourth-order valence-corrected chi connectivity index (χ4v) is 7.11. The summed E-state index contributed by atoms with van der Waals surface area (Å²) in [4.78, 5) is 41.8. The van der Waals surface area contributed by atoms with Crippen LogP contribution >= 0.6 is 0 Å². The molecule has 10 nitrogen and oxygen atoms in total. The molecule has 1 aliphatic carbocycles. The Kier molecular flexibility index (Phi) is 9.15. The van der Waals surface area contributed by atoms with Crippen molar-refractivity contribution in [2.75, 3.05) is 6.54 Å². The van der Waals surface area contributed by atoms with E-state index in [1.165, 1.54) is 5.56 Å². The number of hydrogen-bond acceptors (Lipinski definition) is 8. The summed E-state index contributed by atoms with van der Waals surface area (Å²) in [7, 11) is 0. The van der Waals surface area contributed by atoms with Gasteiger partial charge in [-0.15, -0.1) is 0 Å². The highest BCUT2D eigenvalue weighted by atomic mass is 16.6. The SMILES string of the molecule is CC[C@@H](C(=N)C(=O)OC(C)(C)C)c1ncc(-c2ccc3cc(-c4ccc5c(c4)CCc4[nH]c([C@@H]6CCNC6OC(=O)C(C)(C)C)nc4-5)ccc3c2)[nH]1. The predicted octanol–water partition coefficient (Wildman–Crippen LogP) is 8.23. The van der Waals surface area contributed by atoms with Gasteiger partial charge >= 0.3 is 11.9 Å². The number of nitrogens with zero attached hydrogens (tertiary/aromatic N) is 2. The molecule has 2 aliphatic rings. The fourth-order valence-electron chi connectivity index (χ4n) is 7.11. The third-order valence-electron chi connectivity index (χ3n) is 9.95. The van der Waals surface area contributed by atoms with E-state index < -0.39 is 22.9 Å². The van der Waals surface area contributed by atoms with Crippen molar-refractivity contribution in [3.05, 3.63) is 83.7 Å². The minimum absolute atomic E-state index is 0.0138. The normalized spacial score (nSPS) is 17.8. The number of hydrogen-bond donors (Lipinski definition) is 4. The monoisotopic (exact) mass is 700 g/mol. The summed E-state index contributed by atoms with van der Waals surface area (Å²) in [5, 5.41) is 14.1. The van der Waals surface area contributed by atoms with Crippen LogP contribution in [-0.4, -0.2) is 56.0 Å². The first-order valence-corrected chi connectivity index (χ1v) is 18.3. The number of imidazole rings is 2. The molecule has 1 unspecified atom stereocenters. The molecule has 0 saturated carbocycles. The van der Waals surface area contributed by atoms with Gasteiger partial charge in [0, 0.05) is 16.8 Å². The van der Waals surface area contributed by atoms with Gasteiger partial charge in [-0.05, 0) is 113 Å². The number of aryl methyl sites for hydroxylation is 2. The lowest BCUT2D eigenvalue weighted by atomic mass is 9.89. The number of rotatable bonds is 8. The number of aromatic nitrogens is 4. The molecule has 52 heavy (non-hydrogen) atoms. The molecule has 2 aromatic heterocycles. The smallest absolute Gasteiger partial charge is 0.353 e. The molecule has 0 spiro atoms. The molecule has 1 saturated heterocycles. The van der Waals surface area contributed by atoms with Crippen LogP contribution in [0.5, 0.6) is 0 Å². The van der Waals surface area contributed by atoms with Gasteiger partial charge in [-0.1, -0.05) is 49.4 Å². The number of benzene rings is 3. The second kappa shape index (κ2) is 13.5. The van der Waals surface area contributed by atoms with Crippen LogP contribution in [0.3, 0.4) is 0 Å². The maximum absolute atomic E-state index is 12.6. The van der Waals surface area contributed by atoms with Crippen molar-refractivity contribution in [1.82, 2.24) is 25.3 Å². The summed E-state index contributed by atoms with van der Waals surface area (Å²) in [6.07, 6.45) is 4.58. The van der Waals surface area contributed by atoms with E-state index in [9.17, 15) is 9.59 Å². The predicted molar refractivity (Wildman–Crippen MR) is 203 cm³/mol. The molecule has 3 atom stereocenters. The number of carbonyl (C=O) groups excluding carboxylic acids is 2. The molecule has 270 valence electrons. The van der Waals surface area contributed by atoms with E-state index in [-0.39, 0.29) is 23.8 Å². The van der Waals surface area contributed by atoms with Crippen molar-refractivity contribution in [2.45, 2.75) is 97.8 Å². The highest BCUT2D eigenvalue weighted by Gasteiger charge is 2.37. The standard InChI is InChI=1S/C42H48N6O4/c1-8-29(34(43)39(49)52-42(5,6)7)36-45-22-33(47-36)28-12-11-24-19-23(9-10-25(24)21-28)26-13-15-30-27(20-26)14-16-32-35(30)48-37(46-32)31-17-18-44-38(31)51-40(50)41(2,3)4/h9-13,15,19-22,29,31,38,43-44H,8,14,16-18H2,1-7H3,(H,45,47)(H,46,48)/t29-,31-,38?/m0/s1. The van der Waals surface area contributed by atoms with Crippen molar-refractivity contribution in [3.63, 3.8) is 0 Å². The van der Waals surface area contributed by atoms with Gasteiger partial charge in [0.05, 0.1) is 34.8 Å². The van der Waals surface area contributed by atoms with Gasteiger partial charge in [-0.25, -0.2) is 14.8 Å². The summed E-state index contributed by atoms with van der Waals surface area (Å²) < 4.78 is 11.3. The fraction of sp³-hybridized carbons (Fsp3) is 0.405. The maximum Gasteiger partial charge on any atom is 0.353 e. The van der Waals surface area contributed by atoms with E-state index in [0.29, 0.717) is 12.2 Å². The molecule has 1 aliphatic heterocycles. The molecule has 5 aromatic rings. The maximum atomic E-state index is 12.6. The van der Waals surface area contributed by atoms with Gasteiger partial charge in [-0.2, -0.15) is 0 Å². The van der Waals surface area contributed by atoms with Crippen molar-refractivity contribution < 1.29 is 19.1 Å². The average molecular weight is 701 g/mol. The van der Waals surface area contributed by atoms with Crippen molar-refractivity contribution in [3.8, 4) is 33.6 Å². The molecule has 0 amide bonds. The Balaban J connectivity index is 1.08. The number of carbonyl (C=O) groups is 2. The number of esters is 2. The highest BCUT2D eigenvalue weighted by molar-refractivity contribution is 6.37. The van der Waals surface area contributed by atoms with Gasteiger partial charge in [0.25, 0.3) is 0 Å².